The number of rotatable bonds is 4. The van der Waals surface area contributed by atoms with Gasteiger partial charge < -0.3 is 15.0 Å². The van der Waals surface area contributed by atoms with E-state index in [1.165, 1.54) is 51.7 Å². The summed E-state index contributed by atoms with van der Waals surface area (Å²) in [6, 6.07) is 0.678. The smallest absolute Gasteiger partial charge is 0.0521 e. The van der Waals surface area contributed by atoms with Crippen LogP contribution in [-0.2, 0) is 4.74 Å². The van der Waals surface area contributed by atoms with Gasteiger partial charge in [0.2, 0.25) is 0 Å². The number of nitrogens with zero attached hydrogens (tertiary/aromatic N) is 1. The van der Waals surface area contributed by atoms with Crippen molar-refractivity contribution in [3.63, 3.8) is 0 Å². The zero-order valence-electron chi connectivity index (χ0n) is 11.3. The first kappa shape index (κ1) is 13.3. The molecule has 0 bridgehead atoms. The van der Waals surface area contributed by atoms with E-state index in [4.69, 9.17) is 4.74 Å². The molecule has 0 radical (unpaired) electrons. The molecule has 3 heteroatoms. The summed E-state index contributed by atoms with van der Waals surface area (Å²) in [5.41, 5.74) is 0. The summed E-state index contributed by atoms with van der Waals surface area (Å²) in [6.45, 7) is 9.02. The van der Waals surface area contributed by atoms with Crippen molar-refractivity contribution in [3.05, 3.63) is 0 Å². The molecule has 2 aliphatic heterocycles. The molecule has 2 heterocycles. The zero-order chi connectivity index (χ0) is 11.9. The van der Waals surface area contributed by atoms with Gasteiger partial charge in [-0.05, 0) is 38.9 Å². The van der Waals surface area contributed by atoms with Crippen molar-refractivity contribution in [2.75, 3.05) is 39.4 Å². The second-order valence-corrected chi connectivity index (χ2v) is 5.50. The van der Waals surface area contributed by atoms with Crippen LogP contribution in [-0.4, -0.2) is 50.3 Å². The molecule has 2 saturated heterocycles. The zero-order valence-corrected chi connectivity index (χ0v) is 11.3. The Balaban J connectivity index is 1.81. The maximum absolute atomic E-state index is 5.66. The lowest BCUT2D eigenvalue weighted by molar-refractivity contribution is 0.0174. The lowest BCUT2D eigenvalue weighted by Crippen LogP contribution is -2.47. The Labute approximate surface area is 106 Å². The van der Waals surface area contributed by atoms with Crippen LogP contribution in [0.4, 0.5) is 0 Å². The number of nitrogens with one attached hydrogen (secondary N) is 1. The molecule has 0 aromatic carbocycles. The van der Waals surface area contributed by atoms with E-state index in [-0.39, 0.29) is 0 Å². The minimum absolute atomic E-state index is 0.678. The van der Waals surface area contributed by atoms with Crippen LogP contribution in [0.15, 0.2) is 0 Å². The highest BCUT2D eigenvalue weighted by Gasteiger charge is 2.26. The van der Waals surface area contributed by atoms with Gasteiger partial charge in [0.15, 0.2) is 0 Å². The maximum atomic E-state index is 5.66. The highest BCUT2D eigenvalue weighted by molar-refractivity contribution is 4.82. The first-order valence-electron chi connectivity index (χ1n) is 7.43. The van der Waals surface area contributed by atoms with Crippen LogP contribution < -0.4 is 5.32 Å². The summed E-state index contributed by atoms with van der Waals surface area (Å²) in [7, 11) is 0. The molecule has 17 heavy (non-hydrogen) atoms. The van der Waals surface area contributed by atoms with Gasteiger partial charge in [0.25, 0.3) is 0 Å². The van der Waals surface area contributed by atoms with Gasteiger partial charge in [0.05, 0.1) is 6.61 Å². The Morgan fingerprint density at radius 2 is 1.94 bits per heavy atom. The van der Waals surface area contributed by atoms with E-state index in [0.29, 0.717) is 12.0 Å². The summed E-state index contributed by atoms with van der Waals surface area (Å²) in [5.74, 6) is 0.696. The largest absolute Gasteiger partial charge is 0.381 e. The molecule has 0 spiro atoms. The molecule has 0 aromatic rings. The Kier molecular flexibility index (Phi) is 5.75. The second kappa shape index (κ2) is 7.34. The molecule has 3 nitrogen and oxygen atoms in total. The van der Waals surface area contributed by atoms with Gasteiger partial charge in [-0.25, -0.2) is 0 Å². The Bertz CT molecular complexity index is 200. The van der Waals surface area contributed by atoms with Crippen molar-refractivity contribution in [1.29, 1.82) is 0 Å². The van der Waals surface area contributed by atoms with Crippen molar-refractivity contribution in [2.24, 2.45) is 5.92 Å². The van der Waals surface area contributed by atoms with Crippen LogP contribution >= 0.6 is 0 Å². The van der Waals surface area contributed by atoms with E-state index < -0.39 is 0 Å². The Morgan fingerprint density at radius 3 is 2.65 bits per heavy atom. The lowest BCUT2D eigenvalue weighted by atomic mass is 9.95. The monoisotopic (exact) mass is 240 g/mol. The molecule has 0 aromatic heterocycles. The molecule has 2 fully saturated rings. The third kappa shape index (κ3) is 4.23. The fourth-order valence-corrected chi connectivity index (χ4v) is 3.16. The molecular weight excluding hydrogens is 212 g/mol. The van der Waals surface area contributed by atoms with Gasteiger partial charge in [0, 0.05) is 25.1 Å². The second-order valence-electron chi connectivity index (χ2n) is 5.50. The summed E-state index contributed by atoms with van der Waals surface area (Å²) in [5, 5.41) is 3.63. The Morgan fingerprint density at radius 1 is 1.18 bits per heavy atom. The van der Waals surface area contributed by atoms with E-state index in [1.54, 1.807) is 0 Å². The van der Waals surface area contributed by atoms with E-state index in [9.17, 15) is 0 Å². The SMILES string of the molecule is CCNC1CCOCC1CN1CCCCCC1. The van der Waals surface area contributed by atoms with Gasteiger partial charge in [-0.2, -0.15) is 0 Å². The fraction of sp³-hybridized carbons (Fsp3) is 1.00. The predicted molar refractivity (Wildman–Crippen MR) is 71.3 cm³/mol. The van der Waals surface area contributed by atoms with Crippen LogP contribution in [0.3, 0.4) is 0 Å². The van der Waals surface area contributed by atoms with Gasteiger partial charge in [-0.3, -0.25) is 0 Å². The highest BCUT2D eigenvalue weighted by atomic mass is 16.5. The van der Waals surface area contributed by atoms with Crippen LogP contribution in [0, 0.1) is 5.92 Å². The number of hydrogen-bond acceptors (Lipinski definition) is 3. The predicted octanol–water partition coefficient (Wildman–Crippen LogP) is 1.88. The van der Waals surface area contributed by atoms with Crippen LogP contribution in [0.25, 0.3) is 0 Å². The number of likely N-dealkylation sites (tertiary alicyclic amines) is 1. The van der Waals surface area contributed by atoms with Gasteiger partial charge in [-0.15, -0.1) is 0 Å². The summed E-state index contributed by atoms with van der Waals surface area (Å²) in [4.78, 5) is 2.66. The van der Waals surface area contributed by atoms with Crippen LogP contribution in [0.1, 0.15) is 39.0 Å². The average molecular weight is 240 g/mol. The highest BCUT2D eigenvalue weighted by Crippen LogP contribution is 2.18. The molecule has 0 saturated carbocycles. The lowest BCUT2D eigenvalue weighted by Gasteiger charge is -2.35. The quantitative estimate of drug-likeness (QED) is 0.812. The van der Waals surface area contributed by atoms with E-state index in [1.807, 2.05) is 0 Å². The molecule has 2 atom stereocenters. The van der Waals surface area contributed by atoms with Crippen molar-refractivity contribution in [3.8, 4) is 0 Å². The number of ether oxygens (including phenoxy) is 1. The molecule has 0 aliphatic carbocycles. The molecule has 2 rings (SSSR count). The molecule has 2 unspecified atom stereocenters. The minimum Gasteiger partial charge on any atom is -0.381 e. The van der Waals surface area contributed by atoms with Crippen LogP contribution in [0.5, 0.6) is 0 Å². The minimum atomic E-state index is 0.678. The molecule has 0 amide bonds. The van der Waals surface area contributed by atoms with Crippen molar-refractivity contribution in [2.45, 2.75) is 45.1 Å². The first-order valence-corrected chi connectivity index (χ1v) is 7.43. The topological polar surface area (TPSA) is 24.5 Å². The van der Waals surface area contributed by atoms with Gasteiger partial charge in [-0.1, -0.05) is 19.8 Å². The standard InChI is InChI=1S/C14H28N2O/c1-2-15-14-7-10-17-12-13(14)11-16-8-5-3-4-6-9-16/h13-15H,2-12H2,1H3. The molecule has 1 N–H and O–H groups in total. The van der Waals surface area contributed by atoms with Gasteiger partial charge in [0.1, 0.15) is 0 Å². The molecular formula is C14H28N2O. The van der Waals surface area contributed by atoms with Crippen molar-refractivity contribution in [1.82, 2.24) is 10.2 Å². The average Bonchev–Trinajstić information content (AvgIpc) is 2.61. The van der Waals surface area contributed by atoms with E-state index >= 15 is 0 Å². The van der Waals surface area contributed by atoms with Crippen molar-refractivity contribution < 1.29 is 4.74 Å². The summed E-state index contributed by atoms with van der Waals surface area (Å²) in [6.07, 6.45) is 6.81. The van der Waals surface area contributed by atoms with Crippen LogP contribution in [0.2, 0.25) is 0 Å². The van der Waals surface area contributed by atoms with E-state index in [0.717, 1.165) is 19.8 Å². The first-order chi connectivity index (χ1) is 8.40. The molecule has 100 valence electrons. The number of hydrogen-bond donors (Lipinski definition) is 1. The van der Waals surface area contributed by atoms with E-state index in [2.05, 4.69) is 17.1 Å². The summed E-state index contributed by atoms with van der Waals surface area (Å²) < 4.78 is 5.66. The Hall–Kier alpha value is -0.120. The van der Waals surface area contributed by atoms with Gasteiger partial charge >= 0.3 is 0 Å². The maximum Gasteiger partial charge on any atom is 0.0521 e. The molecule has 2 aliphatic rings. The third-order valence-electron chi connectivity index (χ3n) is 4.13. The fourth-order valence-electron chi connectivity index (χ4n) is 3.16. The summed E-state index contributed by atoms with van der Waals surface area (Å²) >= 11 is 0. The van der Waals surface area contributed by atoms with Crippen molar-refractivity contribution >= 4 is 0 Å². The normalized spacial score (nSPS) is 32.3. The third-order valence-corrected chi connectivity index (χ3v) is 4.13.